The molecule has 134 valence electrons. The second kappa shape index (κ2) is 6.92. The van der Waals surface area contributed by atoms with Gasteiger partial charge in [0.2, 0.25) is 0 Å². The average molecular weight is 360 g/mol. The minimum absolute atomic E-state index is 0.307. The van der Waals surface area contributed by atoms with Crippen LogP contribution < -0.4 is 5.32 Å². The van der Waals surface area contributed by atoms with Crippen LogP contribution in [0.2, 0.25) is 0 Å². The molecule has 0 spiro atoms. The number of benzene rings is 3. The first-order valence-corrected chi connectivity index (χ1v) is 8.44. The van der Waals surface area contributed by atoms with Gasteiger partial charge in [0.15, 0.2) is 18.1 Å². The van der Waals surface area contributed by atoms with E-state index in [1.165, 1.54) is 13.3 Å². The predicted molar refractivity (Wildman–Crippen MR) is 101 cm³/mol. The van der Waals surface area contributed by atoms with Crippen molar-refractivity contribution in [2.45, 2.75) is 13.0 Å². The van der Waals surface area contributed by atoms with Gasteiger partial charge in [0.1, 0.15) is 5.52 Å². The molecule has 1 atom stereocenters. The van der Waals surface area contributed by atoms with E-state index in [4.69, 9.17) is 9.15 Å². The van der Waals surface area contributed by atoms with E-state index in [1.807, 2.05) is 42.5 Å². The van der Waals surface area contributed by atoms with Gasteiger partial charge in [0, 0.05) is 5.69 Å². The fraction of sp³-hybridized carbons (Fsp3) is 0.0952. The molecule has 0 saturated carbocycles. The molecule has 1 N–H and O–H groups in total. The molecule has 6 nitrogen and oxygen atoms in total. The van der Waals surface area contributed by atoms with Gasteiger partial charge in [-0.3, -0.25) is 4.79 Å². The van der Waals surface area contributed by atoms with Crippen LogP contribution in [0.4, 0.5) is 5.69 Å². The molecule has 27 heavy (non-hydrogen) atoms. The highest BCUT2D eigenvalue weighted by Crippen LogP contribution is 2.19. The number of anilines is 1. The largest absolute Gasteiger partial charge is 0.449 e. The van der Waals surface area contributed by atoms with E-state index in [1.54, 1.807) is 18.2 Å². The summed E-state index contributed by atoms with van der Waals surface area (Å²) in [7, 11) is 0. The third kappa shape index (κ3) is 3.50. The Morgan fingerprint density at radius 1 is 1.04 bits per heavy atom. The molecule has 1 unspecified atom stereocenters. The lowest BCUT2D eigenvalue weighted by Gasteiger charge is -2.14. The Bertz CT molecular complexity index is 1150. The minimum Gasteiger partial charge on any atom is -0.449 e. The van der Waals surface area contributed by atoms with E-state index >= 15 is 0 Å². The Kier molecular flexibility index (Phi) is 4.30. The number of ether oxygens (including phenoxy) is 1. The number of esters is 1. The number of oxazole rings is 1. The molecule has 0 fully saturated rings. The fourth-order valence-electron chi connectivity index (χ4n) is 2.78. The van der Waals surface area contributed by atoms with Gasteiger partial charge in [-0.1, -0.05) is 30.3 Å². The molecule has 4 rings (SSSR count). The summed E-state index contributed by atoms with van der Waals surface area (Å²) >= 11 is 0. The number of nitrogens with one attached hydrogen (secondary N) is 1. The molecule has 1 heterocycles. The molecule has 0 aliphatic rings. The predicted octanol–water partition coefficient (Wildman–Crippen LogP) is 4.17. The van der Waals surface area contributed by atoms with Gasteiger partial charge in [-0.2, -0.15) is 0 Å². The third-order valence-corrected chi connectivity index (χ3v) is 4.24. The van der Waals surface area contributed by atoms with Gasteiger partial charge in [-0.05, 0) is 48.0 Å². The van der Waals surface area contributed by atoms with Gasteiger partial charge in [-0.25, -0.2) is 9.78 Å². The van der Waals surface area contributed by atoms with Crippen LogP contribution in [-0.2, 0) is 9.53 Å². The topological polar surface area (TPSA) is 81.4 Å². The number of aromatic nitrogens is 1. The zero-order valence-electron chi connectivity index (χ0n) is 14.5. The molecule has 6 heteroatoms. The van der Waals surface area contributed by atoms with Crippen LogP contribution >= 0.6 is 0 Å². The Morgan fingerprint density at radius 2 is 1.85 bits per heavy atom. The van der Waals surface area contributed by atoms with Crippen LogP contribution in [-0.4, -0.2) is 23.0 Å². The second-order valence-electron chi connectivity index (χ2n) is 6.13. The van der Waals surface area contributed by atoms with E-state index in [0.29, 0.717) is 22.4 Å². The molecule has 4 aromatic rings. The van der Waals surface area contributed by atoms with E-state index < -0.39 is 18.0 Å². The van der Waals surface area contributed by atoms with Crippen molar-refractivity contribution in [3.63, 3.8) is 0 Å². The summed E-state index contributed by atoms with van der Waals surface area (Å²) in [5, 5.41) is 4.87. The summed E-state index contributed by atoms with van der Waals surface area (Å²) in [4.78, 5) is 28.7. The first-order valence-electron chi connectivity index (χ1n) is 8.44. The first kappa shape index (κ1) is 16.8. The van der Waals surface area contributed by atoms with Gasteiger partial charge >= 0.3 is 5.97 Å². The van der Waals surface area contributed by atoms with Gasteiger partial charge in [0.05, 0.1) is 5.56 Å². The molecule has 0 saturated heterocycles. The minimum atomic E-state index is -0.947. The van der Waals surface area contributed by atoms with Gasteiger partial charge in [-0.15, -0.1) is 0 Å². The highest BCUT2D eigenvalue weighted by atomic mass is 16.5. The second-order valence-corrected chi connectivity index (χ2v) is 6.13. The summed E-state index contributed by atoms with van der Waals surface area (Å²) in [5.74, 6) is -0.998. The van der Waals surface area contributed by atoms with Crippen LogP contribution in [0.5, 0.6) is 0 Å². The van der Waals surface area contributed by atoms with Crippen molar-refractivity contribution in [1.82, 2.24) is 4.98 Å². The molecule has 0 aliphatic carbocycles. The van der Waals surface area contributed by atoms with Crippen molar-refractivity contribution in [2.75, 3.05) is 5.32 Å². The lowest BCUT2D eigenvalue weighted by molar-refractivity contribution is -0.123. The van der Waals surface area contributed by atoms with E-state index in [-0.39, 0.29) is 0 Å². The van der Waals surface area contributed by atoms with Crippen molar-refractivity contribution < 1.29 is 18.7 Å². The van der Waals surface area contributed by atoms with Crippen LogP contribution in [0.15, 0.2) is 71.5 Å². The Hall–Kier alpha value is -3.67. The van der Waals surface area contributed by atoms with E-state index in [9.17, 15) is 9.59 Å². The number of carbonyl (C=O) groups is 2. The number of hydrogen-bond acceptors (Lipinski definition) is 5. The third-order valence-electron chi connectivity index (χ3n) is 4.24. The lowest BCUT2D eigenvalue weighted by Crippen LogP contribution is -2.30. The highest BCUT2D eigenvalue weighted by Gasteiger charge is 2.19. The van der Waals surface area contributed by atoms with Crippen molar-refractivity contribution in [3.8, 4) is 0 Å². The van der Waals surface area contributed by atoms with E-state index in [2.05, 4.69) is 10.3 Å². The molecule has 0 radical (unpaired) electrons. The fourth-order valence-corrected chi connectivity index (χ4v) is 2.78. The zero-order chi connectivity index (χ0) is 18.8. The van der Waals surface area contributed by atoms with Crippen molar-refractivity contribution >= 4 is 39.4 Å². The summed E-state index contributed by atoms with van der Waals surface area (Å²) in [6.45, 7) is 1.53. The maximum Gasteiger partial charge on any atom is 0.338 e. The molecule has 0 bridgehead atoms. The Balaban J connectivity index is 1.44. The molecular weight excluding hydrogens is 344 g/mol. The zero-order valence-corrected chi connectivity index (χ0v) is 14.5. The van der Waals surface area contributed by atoms with Crippen LogP contribution in [0.25, 0.3) is 21.9 Å². The smallest absolute Gasteiger partial charge is 0.338 e. The van der Waals surface area contributed by atoms with Crippen molar-refractivity contribution in [1.29, 1.82) is 0 Å². The Labute approximate surface area is 154 Å². The number of rotatable bonds is 4. The van der Waals surface area contributed by atoms with Gasteiger partial charge in [0.25, 0.3) is 5.91 Å². The number of nitrogens with zero attached hydrogens (tertiary/aromatic N) is 1. The quantitative estimate of drug-likeness (QED) is 0.553. The van der Waals surface area contributed by atoms with Gasteiger partial charge < -0.3 is 14.5 Å². The monoisotopic (exact) mass is 360 g/mol. The normalized spacial score (nSPS) is 12.0. The number of amides is 1. The number of hydrogen-bond donors (Lipinski definition) is 1. The maximum atomic E-state index is 12.4. The standard InChI is InChI=1S/C21H16N2O4/c1-13(27-21(25)16-7-9-19-18(11-16)22-12-26-19)20(24)23-17-8-6-14-4-2-3-5-15(14)10-17/h2-13H,1H3,(H,23,24). The SMILES string of the molecule is CC(OC(=O)c1ccc2ocnc2c1)C(=O)Nc1ccc2ccccc2c1. The average Bonchev–Trinajstić information content (AvgIpc) is 3.15. The van der Waals surface area contributed by atoms with Crippen LogP contribution in [0, 0.1) is 0 Å². The summed E-state index contributed by atoms with van der Waals surface area (Å²) in [5.41, 5.74) is 2.08. The lowest BCUT2D eigenvalue weighted by atomic mass is 10.1. The molecular formula is C21H16N2O4. The molecule has 3 aromatic carbocycles. The molecule has 1 amide bonds. The summed E-state index contributed by atoms with van der Waals surface area (Å²) < 4.78 is 10.4. The molecule has 1 aromatic heterocycles. The Morgan fingerprint density at radius 3 is 2.70 bits per heavy atom. The maximum absolute atomic E-state index is 12.4. The summed E-state index contributed by atoms with van der Waals surface area (Å²) in [6, 6.07) is 18.2. The van der Waals surface area contributed by atoms with Crippen molar-refractivity contribution in [3.05, 3.63) is 72.6 Å². The summed E-state index contributed by atoms with van der Waals surface area (Å²) in [6.07, 6.45) is 0.358. The first-order chi connectivity index (χ1) is 13.1. The van der Waals surface area contributed by atoms with E-state index in [0.717, 1.165) is 10.8 Å². The number of fused-ring (bicyclic) bond motifs is 2. The van der Waals surface area contributed by atoms with Crippen LogP contribution in [0.1, 0.15) is 17.3 Å². The van der Waals surface area contributed by atoms with Crippen LogP contribution in [0.3, 0.4) is 0 Å². The number of carbonyl (C=O) groups excluding carboxylic acids is 2. The highest BCUT2D eigenvalue weighted by molar-refractivity contribution is 5.99. The molecule has 0 aliphatic heterocycles. The van der Waals surface area contributed by atoms with Crippen molar-refractivity contribution in [2.24, 2.45) is 0 Å².